The summed E-state index contributed by atoms with van der Waals surface area (Å²) in [5.74, 6) is 0.295. The van der Waals surface area contributed by atoms with Gasteiger partial charge in [-0.2, -0.15) is 0 Å². The summed E-state index contributed by atoms with van der Waals surface area (Å²) < 4.78 is 33.8. The molecule has 0 spiro atoms. The summed E-state index contributed by atoms with van der Waals surface area (Å²) in [4.78, 5) is 13.1. The van der Waals surface area contributed by atoms with Crippen LogP contribution in [-0.2, 0) is 14.8 Å². The predicted molar refractivity (Wildman–Crippen MR) is 100 cm³/mol. The van der Waals surface area contributed by atoms with Crippen molar-refractivity contribution in [2.24, 2.45) is 0 Å². The molecule has 0 saturated heterocycles. The van der Waals surface area contributed by atoms with Crippen molar-refractivity contribution < 1.29 is 17.9 Å². The monoisotopic (exact) mass is 426 g/mol. The van der Waals surface area contributed by atoms with E-state index in [9.17, 15) is 13.2 Å². The molecule has 0 unspecified atom stereocenters. The van der Waals surface area contributed by atoms with E-state index < -0.39 is 10.0 Å². The number of hydrogen-bond acceptors (Lipinski definition) is 4. The first-order chi connectivity index (χ1) is 11.7. The number of benzene rings is 2. The molecule has 0 radical (unpaired) electrons. The topological polar surface area (TPSA) is 75.7 Å². The molecule has 2 aromatic carbocycles. The number of anilines is 1. The maximum atomic E-state index is 12.5. The SMILES string of the molecule is Cc1cc(S(=O)(=O)Nc2cccc(Br)c2)ccc1OCC(=O)N(C)C. The molecule has 1 amide bonds. The number of halogens is 1. The van der Waals surface area contributed by atoms with Crippen LogP contribution < -0.4 is 9.46 Å². The molecule has 8 heteroatoms. The van der Waals surface area contributed by atoms with E-state index in [1.54, 1.807) is 45.3 Å². The van der Waals surface area contributed by atoms with Gasteiger partial charge in [-0.3, -0.25) is 9.52 Å². The fraction of sp³-hybridized carbons (Fsp3) is 0.235. The number of likely N-dealkylation sites (N-methyl/N-ethyl adjacent to an activating group) is 1. The Kier molecular flexibility index (Phi) is 6.07. The summed E-state index contributed by atoms with van der Waals surface area (Å²) in [7, 11) is -0.434. The molecule has 0 fully saturated rings. The van der Waals surface area contributed by atoms with E-state index in [2.05, 4.69) is 20.7 Å². The lowest BCUT2D eigenvalue weighted by atomic mass is 10.2. The normalized spacial score (nSPS) is 11.0. The summed E-state index contributed by atoms with van der Waals surface area (Å²) in [6.07, 6.45) is 0. The van der Waals surface area contributed by atoms with Crippen molar-refractivity contribution in [3.05, 3.63) is 52.5 Å². The van der Waals surface area contributed by atoms with E-state index in [1.807, 2.05) is 6.07 Å². The molecule has 134 valence electrons. The summed E-state index contributed by atoms with van der Waals surface area (Å²) in [5.41, 5.74) is 1.09. The van der Waals surface area contributed by atoms with E-state index in [1.165, 1.54) is 17.0 Å². The van der Waals surface area contributed by atoms with Crippen LogP contribution in [-0.4, -0.2) is 39.9 Å². The average molecular weight is 427 g/mol. The Morgan fingerprint density at radius 1 is 1.20 bits per heavy atom. The van der Waals surface area contributed by atoms with Crippen LogP contribution in [0.2, 0.25) is 0 Å². The highest BCUT2D eigenvalue weighted by Crippen LogP contribution is 2.24. The quantitative estimate of drug-likeness (QED) is 0.769. The third-order valence-corrected chi connectivity index (χ3v) is 5.26. The van der Waals surface area contributed by atoms with Crippen molar-refractivity contribution in [1.29, 1.82) is 0 Å². The highest BCUT2D eigenvalue weighted by atomic mass is 79.9. The Balaban J connectivity index is 2.17. The van der Waals surface area contributed by atoms with E-state index in [-0.39, 0.29) is 17.4 Å². The van der Waals surface area contributed by atoms with Gasteiger partial charge in [0, 0.05) is 24.3 Å². The summed E-state index contributed by atoms with van der Waals surface area (Å²) >= 11 is 3.30. The van der Waals surface area contributed by atoms with Gasteiger partial charge in [0.1, 0.15) is 5.75 Å². The Morgan fingerprint density at radius 3 is 2.52 bits per heavy atom. The third kappa shape index (κ3) is 5.20. The summed E-state index contributed by atoms with van der Waals surface area (Å²) in [5, 5.41) is 0. The Bertz CT molecular complexity index is 882. The highest BCUT2D eigenvalue weighted by Gasteiger charge is 2.16. The number of carbonyl (C=O) groups excluding carboxylic acids is 1. The van der Waals surface area contributed by atoms with Crippen molar-refractivity contribution in [1.82, 2.24) is 4.90 Å². The van der Waals surface area contributed by atoms with Crippen LogP contribution in [0.1, 0.15) is 5.56 Å². The molecule has 2 rings (SSSR count). The standard InChI is InChI=1S/C17H19BrN2O4S/c1-12-9-15(7-8-16(12)24-11-17(21)20(2)3)25(22,23)19-14-6-4-5-13(18)10-14/h4-10,19H,11H2,1-3H3. The molecule has 1 N–H and O–H groups in total. The van der Waals surface area contributed by atoms with Crippen molar-refractivity contribution in [3.8, 4) is 5.75 Å². The lowest BCUT2D eigenvalue weighted by Gasteiger charge is -2.14. The van der Waals surface area contributed by atoms with Gasteiger partial charge in [-0.05, 0) is 48.9 Å². The molecular formula is C17H19BrN2O4S. The van der Waals surface area contributed by atoms with Crippen LogP contribution in [0.3, 0.4) is 0 Å². The fourth-order valence-electron chi connectivity index (χ4n) is 1.99. The van der Waals surface area contributed by atoms with Crippen LogP contribution in [0.15, 0.2) is 51.8 Å². The van der Waals surface area contributed by atoms with E-state index in [0.717, 1.165) is 4.47 Å². The van der Waals surface area contributed by atoms with Gasteiger partial charge in [0.2, 0.25) is 0 Å². The van der Waals surface area contributed by atoms with Gasteiger partial charge in [0.05, 0.1) is 4.90 Å². The summed E-state index contributed by atoms with van der Waals surface area (Å²) in [6, 6.07) is 11.4. The number of aryl methyl sites for hydroxylation is 1. The number of hydrogen-bond donors (Lipinski definition) is 1. The maximum absolute atomic E-state index is 12.5. The van der Waals surface area contributed by atoms with Crippen molar-refractivity contribution in [2.75, 3.05) is 25.4 Å². The van der Waals surface area contributed by atoms with E-state index >= 15 is 0 Å². The van der Waals surface area contributed by atoms with Gasteiger partial charge >= 0.3 is 0 Å². The minimum absolute atomic E-state index is 0.101. The number of amides is 1. The van der Waals surface area contributed by atoms with Gasteiger partial charge in [0.15, 0.2) is 6.61 Å². The van der Waals surface area contributed by atoms with E-state index in [4.69, 9.17) is 4.74 Å². The van der Waals surface area contributed by atoms with Crippen LogP contribution in [0.5, 0.6) is 5.75 Å². The molecule has 0 aromatic heterocycles. The second-order valence-corrected chi connectivity index (χ2v) is 8.22. The van der Waals surface area contributed by atoms with Crippen LogP contribution in [0.25, 0.3) is 0 Å². The van der Waals surface area contributed by atoms with Crippen molar-refractivity contribution >= 4 is 37.5 Å². The molecule has 0 bridgehead atoms. The van der Waals surface area contributed by atoms with Gasteiger partial charge in [-0.25, -0.2) is 8.42 Å². The Morgan fingerprint density at radius 2 is 1.92 bits per heavy atom. The first kappa shape index (κ1) is 19.3. The molecule has 0 heterocycles. The number of nitrogens with one attached hydrogen (secondary N) is 1. The first-order valence-electron chi connectivity index (χ1n) is 7.41. The average Bonchev–Trinajstić information content (AvgIpc) is 2.52. The largest absolute Gasteiger partial charge is 0.483 e. The van der Waals surface area contributed by atoms with Crippen molar-refractivity contribution in [3.63, 3.8) is 0 Å². The van der Waals surface area contributed by atoms with Gasteiger partial charge in [-0.1, -0.05) is 22.0 Å². The van der Waals surface area contributed by atoms with E-state index in [0.29, 0.717) is 17.0 Å². The summed E-state index contributed by atoms with van der Waals surface area (Å²) in [6.45, 7) is 1.63. The third-order valence-electron chi connectivity index (χ3n) is 3.38. The molecule has 0 aliphatic carbocycles. The van der Waals surface area contributed by atoms with Crippen LogP contribution in [0.4, 0.5) is 5.69 Å². The molecule has 2 aromatic rings. The molecule has 0 aliphatic rings. The molecule has 6 nitrogen and oxygen atoms in total. The zero-order valence-corrected chi connectivity index (χ0v) is 16.5. The smallest absolute Gasteiger partial charge is 0.261 e. The predicted octanol–water partition coefficient (Wildman–Crippen LogP) is 3.03. The lowest BCUT2D eigenvalue weighted by molar-refractivity contribution is -0.130. The number of carbonyl (C=O) groups is 1. The number of rotatable bonds is 6. The molecule has 0 aliphatic heterocycles. The zero-order valence-electron chi connectivity index (χ0n) is 14.1. The van der Waals surface area contributed by atoms with Gasteiger partial charge < -0.3 is 9.64 Å². The Labute approximate surface area is 156 Å². The molecule has 0 saturated carbocycles. The number of nitrogens with zero attached hydrogens (tertiary/aromatic N) is 1. The number of sulfonamides is 1. The molecule has 0 atom stereocenters. The number of ether oxygens (including phenoxy) is 1. The maximum Gasteiger partial charge on any atom is 0.261 e. The van der Waals surface area contributed by atoms with Crippen LogP contribution in [0, 0.1) is 6.92 Å². The zero-order chi connectivity index (χ0) is 18.6. The van der Waals surface area contributed by atoms with Gasteiger partial charge in [0.25, 0.3) is 15.9 Å². The van der Waals surface area contributed by atoms with Crippen molar-refractivity contribution in [2.45, 2.75) is 11.8 Å². The molecule has 25 heavy (non-hydrogen) atoms. The van der Waals surface area contributed by atoms with Gasteiger partial charge in [-0.15, -0.1) is 0 Å². The highest BCUT2D eigenvalue weighted by molar-refractivity contribution is 9.10. The minimum Gasteiger partial charge on any atom is -0.483 e. The van der Waals surface area contributed by atoms with Crippen LogP contribution >= 0.6 is 15.9 Å². The second kappa shape index (κ2) is 7.88. The second-order valence-electron chi connectivity index (χ2n) is 5.62. The minimum atomic E-state index is -3.72. The lowest BCUT2D eigenvalue weighted by Crippen LogP contribution is -2.27. The molecular weight excluding hydrogens is 408 g/mol. The first-order valence-corrected chi connectivity index (χ1v) is 9.68. The fourth-order valence-corrected chi connectivity index (χ4v) is 3.52. The Hall–Kier alpha value is -2.06.